The van der Waals surface area contributed by atoms with Crippen LogP contribution in [0.15, 0.2) is 24.3 Å². The maximum absolute atomic E-state index is 12.1. The van der Waals surface area contributed by atoms with Gasteiger partial charge in [0.05, 0.1) is 17.4 Å². The summed E-state index contributed by atoms with van der Waals surface area (Å²) in [6.45, 7) is 2.09. The molecule has 2 rings (SSSR count). The topological polar surface area (TPSA) is 70.0 Å². The van der Waals surface area contributed by atoms with E-state index in [2.05, 4.69) is 11.6 Å². The van der Waals surface area contributed by atoms with Crippen molar-refractivity contribution in [2.75, 3.05) is 0 Å². The average molecular weight is 278 g/mol. The molecule has 1 aliphatic carbocycles. The summed E-state index contributed by atoms with van der Waals surface area (Å²) < 4.78 is 26.9. The second-order valence-corrected chi connectivity index (χ2v) is 6.95. The van der Waals surface area contributed by atoms with Gasteiger partial charge >= 0.3 is 0 Å². The van der Waals surface area contributed by atoms with E-state index in [1.54, 1.807) is 24.3 Å². The molecule has 0 heterocycles. The zero-order valence-corrected chi connectivity index (χ0v) is 11.8. The molecule has 1 fully saturated rings. The van der Waals surface area contributed by atoms with Gasteiger partial charge in [0.15, 0.2) is 0 Å². The van der Waals surface area contributed by atoms with Gasteiger partial charge in [-0.15, -0.1) is 0 Å². The third kappa shape index (κ3) is 3.79. The van der Waals surface area contributed by atoms with E-state index in [4.69, 9.17) is 5.26 Å². The predicted octanol–water partition coefficient (Wildman–Crippen LogP) is 2.17. The molecule has 1 aromatic carbocycles. The number of nitrogens with one attached hydrogen (secondary N) is 1. The molecular formula is C14H18N2O2S. The molecule has 19 heavy (non-hydrogen) atoms. The molecule has 0 spiro atoms. The first-order valence-corrected chi connectivity index (χ1v) is 8.14. The summed E-state index contributed by atoms with van der Waals surface area (Å²) in [7, 11) is -3.30. The summed E-state index contributed by atoms with van der Waals surface area (Å²) >= 11 is 0. The lowest BCUT2D eigenvalue weighted by Crippen LogP contribution is -2.37. The van der Waals surface area contributed by atoms with Crippen molar-refractivity contribution in [3.05, 3.63) is 35.4 Å². The Morgan fingerprint density at radius 2 is 2.00 bits per heavy atom. The number of sulfonamides is 1. The zero-order valence-electron chi connectivity index (χ0n) is 11.0. The van der Waals surface area contributed by atoms with Crippen LogP contribution in [0, 0.1) is 17.2 Å². The van der Waals surface area contributed by atoms with Gasteiger partial charge in [0.1, 0.15) is 0 Å². The Kier molecular flexibility index (Phi) is 4.23. The lowest BCUT2D eigenvalue weighted by molar-refractivity contribution is 0.476. The summed E-state index contributed by atoms with van der Waals surface area (Å²) in [5.41, 5.74) is 1.25. The minimum absolute atomic E-state index is 0.0259. The van der Waals surface area contributed by atoms with Crippen LogP contribution >= 0.6 is 0 Å². The number of hydrogen-bond acceptors (Lipinski definition) is 3. The molecule has 0 radical (unpaired) electrons. The van der Waals surface area contributed by atoms with Crippen LogP contribution in [0.5, 0.6) is 0 Å². The Balaban J connectivity index is 2.02. The number of nitrogens with zero attached hydrogens (tertiary/aromatic N) is 1. The second kappa shape index (κ2) is 5.72. The van der Waals surface area contributed by atoms with Crippen LogP contribution in [-0.2, 0) is 15.8 Å². The largest absolute Gasteiger partial charge is 0.216 e. The van der Waals surface area contributed by atoms with Crippen LogP contribution in [0.4, 0.5) is 0 Å². The van der Waals surface area contributed by atoms with E-state index >= 15 is 0 Å². The molecule has 102 valence electrons. The Morgan fingerprint density at radius 1 is 1.32 bits per heavy atom. The molecular weight excluding hydrogens is 260 g/mol. The molecule has 2 atom stereocenters. The normalized spacial score (nSPS) is 23.2. The Labute approximate surface area is 114 Å². The van der Waals surface area contributed by atoms with Gasteiger partial charge in [-0.2, -0.15) is 5.26 Å². The van der Waals surface area contributed by atoms with E-state index in [-0.39, 0.29) is 11.8 Å². The van der Waals surface area contributed by atoms with Crippen LogP contribution in [0.25, 0.3) is 0 Å². The molecule has 1 N–H and O–H groups in total. The summed E-state index contributed by atoms with van der Waals surface area (Å²) in [4.78, 5) is 0. The molecule has 0 aliphatic heterocycles. The third-order valence-electron chi connectivity index (χ3n) is 3.63. The van der Waals surface area contributed by atoms with Gasteiger partial charge in [-0.3, -0.25) is 0 Å². The Bertz CT molecular complexity index is 572. The fourth-order valence-corrected chi connectivity index (χ4v) is 4.01. The van der Waals surface area contributed by atoms with Crippen LogP contribution in [0.2, 0.25) is 0 Å². The summed E-state index contributed by atoms with van der Waals surface area (Å²) in [5, 5.41) is 8.70. The van der Waals surface area contributed by atoms with Crippen molar-refractivity contribution in [2.24, 2.45) is 5.92 Å². The lowest BCUT2D eigenvalue weighted by atomic mass is 10.1. The van der Waals surface area contributed by atoms with Gasteiger partial charge in [0.2, 0.25) is 10.0 Å². The van der Waals surface area contributed by atoms with Crippen molar-refractivity contribution in [3.63, 3.8) is 0 Å². The van der Waals surface area contributed by atoms with E-state index in [9.17, 15) is 8.42 Å². The predicted molar refractivity (Wildman–Crippen MR) is 73.7 cm³/mol. The number of rotatable bonds is 4. The highest BCUT2D eigenvalue weighted by Crippen LogP contribution is 2.25. The van der Waals surface area contributed by atoms with Gasteiger partial charge in [-0.25, -0.2) is 13.1 Å². The molecule has 0 aromatic heterocycles. The van der Waals surface area contributed by atoms with Gasteiger partial charge in [-0.05, 0) is 36.5 Å². The number of benzene rings is 1. The van der Waals surface area contributed by atoms with E-state index in [1.165, 1.54) is 0 Å². The minimum Gasteiger partial charge on any atom is -0.212 e. The Morgan fingerprint density at radius 3 is 2.53 bits per heavy atom. The first kappa shape index (κ1) is 14.0. The van der Waals surface area contributed by atoms with Crippen LogP contribution in [0.3, 0.4) is 0 Å². The van der Waals surface area contributed by atoms with Crippen molar-refractivity contribution >= 4 is 10.0 Å². The molecule has 5 heteroatoms. The first-order chi connectivity index (χ1) is 9.00. The van der Waals surface area contributed by atoms with E-state index < -0.39 is 10.0 Å². The monoisotopic (exact) mass is 278 g/mol. The van der Waals surface area contributed by atoms with Crippen LogP contribution in [0.1, 0.15) is 37.3 Å². The molecule has 2 unspecified atom stereocenters. The average Bonchev–Trinajstić information content (AvgIpc) is 2.75. The summed E-state index contributed by atoms with van der Waals surface area (Å²) in [6.07, 6.45) is 3.10. The van der Waals surface area contributed by atoms with Gasteiger partial charge < -0.3 is 0 Å². The van der Waals surface area contributed by atoms with E-state index in [0.29, 0.717) is 17.0 Å². The van der Waals surface area contributed by atoms with Crippen molar-refractivity contribution in [3.8, 4) is 6.07 Å². The maximum Gasteiger partial charge on any atom is 0.216 e. The second-order valence-electron chi connectivity index (χ2n) is 5.20. The minimum atomic E-state index is -3.30. The molecule has 4 nitrogen and oxygen atoms in total. The van der Waals surface area contributed by atoms with Crippen molar-refractivity contribution in [2.45, 2.75) is 38.0 Å². The van der Waals surface area contributed by atoms with Gasteiger partial charge in [-0.1, -0.05) is 25.5 Å². The van der Waals surface area contributed by atoms with Gasteiger partial charge in [0, 0.05) is 6.04 Å². The van der Waals surface area contributed by atoms with Crippen molar-refractivity contribution in [1.82, 2.24) is 4.72 Å². The zero-order chi connectivity index (χ0) is 13.9. The fourth-order valence-electron chi connectivity index (χ4n) is 2.49. The van der Waals surface area contributed by atoms with Crippen molar-refractivity contribution < 1.29 is 8.42 Å². The molecule has 1 saturated carbocycles. The highest BCUT2D eigenvalue weighted by molar-refractivity contribution is 7.88. The Hall–Kier alpha value is -1.38. The van der Waals surface area contributed by atoms with Crippen molar-refractivity contribution in [1.29, 1.82) is 5.26 Å². The lowest BCUT2D eigenvalue weighted by Gasteiger charge is -2.17. The van der Waals surface area contributed by atoms with E-state index in [0.717, 1.165) is 19.3 Å². The molecule has 0 bridgehead atoms. The standard InChI is InChI=1S/C14H18N2O2S/c1-11-3-2-4-14(11)16-19(17,18)10-13-7-5-12(9-15)6-8-13/h5-8,11,14,16H,2-4,10H2,1H3. The highest BCUT2D eigenvalue weighted by Gasteiger charge is 2.27. The smallest absolute Gasteiger partial charge is 0.212 e. The van der Waals surface area contributed by atoms with Gasteiger partial charge in [0.25, 0.3) is 0 Å². The first-order valence-electron chi connectivity index (χ1n) is 6.49. The molecule has 0 saturated heterocycles. The summed E-state index contributed by atoms with van der Waals surface area (Å²) in [5.74, 6) is 0.387. The molecule has 0 amide bonds. The SMILES string of the molecule is CC1CCCC1NS(=O)(=O)Cc1ccc(C#N)cc1. The highest BCUT2D eigenvalue weighted by atomic mass is 32.2. The maximum atomic E-state index is 12.1. The van der Waals surface area contributed by atoms with Crippen LogP contribution < -0.4 is 4.72 Å². The van der Waals surface area contributed by atoms with Crippen LogP contribution in [-0.4, -0.2) is 14.5 Å². The molecule has 1 aromatic rings. The van der Waals surface area contributed by atoms with E-state index in [1.807, 2.05) is 6.07 Å². The molecule has 1 aliphatic rings. The number of hydrogen-bond donors (Lipinski definition) is 1. The summed E-state index contributed by atoms with van der Waals surface area (Å²) in [6, 6.07) is 8.75. The number of nitriles is 1. The fraction of sp³-hybridized carbons (Fsp3) is 0.500. The third-order valence-corrected chi connectivity index (χ3v) is 5.01. The quantitative estimate of drug-likeness (QED) is 0.917.